The lowest BCUT2D eigenvalue weighted by molar-refractivity contribution is 0.0598. The number of nitrogens with one attached hydrogen (secondary N) is 1. The Bertz CT molecular complexity index is 209. The Balaban J connectivity index is 2.20. The number of nitrogens with zero attached hydrogens (tertiary/aromatic N) is 1. The van der Waals surface area contributed by atoms with Crippen LogP contribution in [0.2, 0.25) is 0 Å². The lowest BCUT2D eigenvalue weighted by Crippen LogP contribution is -2.56. The fourth-order valence-electron chi connectivity index (χ4n) is 2.48. The maximum absolute atomic E-state index is 5.75. The fraction of sp³-hybridized carbons (Fsp3) is 1.00. The lowest BCUT2D eigenvalue weighted by Gasteiger charge is -2.39. The molecule has 0 aliphatic carbocycles. The molecule has 1 rings (SSSR count). The molecule has 1 N–H and O–H groups in total. The first kappa shape index (κ1) is 15.9. The van der Waals surface area contributed by atoms with E-state index in [4.69, 9.17) is 4.74 Å². The monoisotopic (exact) mass is 256 g/mol. The van der Waals surface area contributed by atoms with Crippen LogP contribution in [0.5, 0.6) is 0 Å². The van der Waals surface area contributed by atoms with Crippen LogP contribution in [-0.4, -0.2) is 49.8 Å². The molecule has 0 radical (unpaired) electrons. The molecule has 0 aromatic heterocycles. The van der Waals surface area contributed by atoms with Crippen molar-refractivity contribution in [1.82, 2.24) is 10.2 Å². The highest BCUT2D eigenvalue weighted by Crippen LogP contribution is 2.11. The van der Waals surface area contributed by atoms with Gasteiger partial charge in [0.05, 0.1) is 6.61 Å². The summed E-state index contributed by atoms with van der Waals surface area (Å²) in [5.41, 5.74) is 0. The second kappa shape index (κ2) is 8.89. The van der Waals surface area contributed by atoms with Crippen LogP contribution < -0.4 is 5.32 Å². The van der Waals surface area contributed by atoms with Crippen LogP contribution in [0.15, 0.2) is 0 Å². The Morgan fingerprint density at radius 2 is 2.00 bits per heavy atom. The van der Waals surface area contributed by atoms with Crippen LogP contribution in [0.25, 0.3) is 0 Å². The van der Waals surface area contributed by atoms with E-state index in [1.165, 1.54) is 25.8 Å². The summed E-state index contributed by atoms with van der Waals surface area (Å²) in [4.78, 5) is 2.61. The van der Waals surface area contributed by atoms with Crippen molar-refractivity contribution in [2.75, 3.05) is 32.8 Å². The third kappa shape index (κ3) is 5.68. The van der Waals surface area contributed by atoms with Gasteiger partial charge in [0.1, 0.15) is 0 Å². The van der Waals surface area contributed by atoms with Gasteiger partial charge in [0.15, 0.2) is 0 Å². The van der Waals surface area contributed by atoms with Gasteiger partial charge in [-0.1, -0.05) is 27.7 Å². The second-order valence-electron chi connectivity index (χ2n) is 5.87. The van der Waals surface area contributed by atoms with Crippen LogP contribution in [0.3, 0.4) is 0 Å². The molecule has 1 fully saturated rings. The first-order chi connectivity index (χ1) is 8.67. The van der Waals surface area contributed by atoms with Gasteiger partial charge in [-0.15, -0.1) is 0 Å². The Hall–Kier alpha value is -0.120. The van der Waals surface area contributed by atoms with E-state index in [1.54, 1.807) is 0 Å². The highest BCUT2D eigenvalue weighted by Gasteiger charge is 2.25. The highest BCUT2D eigenvalue weighted by molar-refractivity contribution is 4.84. The minimum Gasteiger partial charge on any atom is -0.380 e. The van der Waals surface area contributed by atoms with Crippen molar-refractivity contribution in [3.63, 3.8) is 0 Å². The number of piperazine rings is 1. The first-order valence-electron chi connectivity index (χ1n) is 7.72. The zero-order valence-corrected chi connectivity index (χ0v) is 12.7. The van der Waals surface area contributed by atoms with Crippen molar-refractivity contribution in [2.24, 2.45) is 5.92 Å². The summed E-state index contributed by atoms with van der Waals surface area (Å²) in [5, 5.41) is 3.63. The van der Waals surface area contributed by atoms with Crippen molar-refractivity contribution >= 4 is 0 Å². The molecule has 108 valence electrons. The normalized spacial score (nSPS) is 25.8. The SMILES string of the molecule is CCC1CN(CCOCCC(C)C)C(CC)CN1. The van der Waals surface area contributed by atoms with Crippen LogP contribution in [0.4, 0.5) is 0 Å². The highest BCUT2D eigenvalue weighted by atomic mass is 16.5. The standard InChI is InChI=1S/C15H32N2O/c1-5-14-12-17(15(6-2)11-16-14)8-10-18-9-7-13(3)4/h13-16H,5-12H2,1-4H3. The maximum atomic E-state index is 5.75. The maximum Gasteiger partial charge on any atom is 0.0593 e. The van der Waals surface area contributed by atoms with Crippen molar-refractivity contribution in [2.45, 2.75) is 59.0 Å². The van der Waals surface area contributed by atoms with E-state index in [9.17, 15) is 0 Å². The molecular weight excluding hydrogens is 224 g/mol. The minimum atomic E-state index is 0.670. The molecule has 2 atom stereocenters. The van der Waals surface area contributed by atoms with Gasteiger partial charge in [-0.2, -0.15) is 0 Å². The van der Waals surface area contributed by atoms with E-state index < -0.39 is 0 Å². The van der Waals surface area contributed by atoms with E-state index >= 15 is 0 Å². The average molecular weight is 256 g/mol. The summed E-state index contributed by atoms with van der Waals surface area (Å²) in [6.07, 6.45) is 3.63. The van der Waals surface area contributed by atoms with Crippen molar-refractivity contribution in [3.05, 3.63) is 0 Å². The number of hydrogen-bond donors (Lipinski definition) is 1. The summed E-state index contributed by atoms with van der Waals surface area (Å²) in [6, 6.07) is 1.37. The second-order valence-corrected chi connectivity index (χ2v) is 5.87. The summed E-state index contributed by atoms with van der Waals surface area (Å²) < 4.78 is 5.75. The van der Waals surface area contributed by atoms with E-state index in [0.717, 1.165) is 32.2 Å². The zero-order chi connectivity index (χ0) is 13.4. The number of rotatable bonds is 8. The van der Waals surface area contributed by atoms with Crippen molar-refractivity contribution < 1.29 is 4.74 Å². The summed E-state index contributed by atoms with van der Waals surface area (Å²) >= 11 is 0. The smallest absolute Gasteiger partial charge is 0.0593 e. The molecule has 3 heteroatoms. The molecule has 0 aromatic rings. The van der Waals surface area contributed by atoms with Crippen LogP contribution in [0.1, 0.15) is 47.0 Å². The quantitative estimate of drug-likeness (QED) is 0.675. The van der Waals surface area contributed by atoms with Crippen LogP contribution >= 0.6 is 0 Å². The lowest BCUT2D eigenvalue weighted by atomic mass is 10.1. The predicted octanol–water partition coefficient (Wildman–Crippen LogP) is 2.51. The van der Waals surface area contributed by atoms with Crippen molar-refractivity contribution in [3.8, 4) is 0 Å². The molecule has 3 nitrogen and oxygen atoms in total. The van der Waals surface area contributed by atoms with Gasteiger partial charge < -0.3 is 10.1 Å². The Morgan fingerprint density at radius 1 is 1.22 bits per heavy atom. The molecule has 0 bridgehead atoms. The van der Waals surface area contributed by atoms with Gasteiger partial charge in [-0.05, 0) is 25.2 Å². The van der Waals surface area contributed by atoms with E-state index in [2.05, 4.69) is 37.9 Å². The van der Waals surface area contributed by atoms with E-state index in [0.29, 0.717) is 12.1 Å². The molecule has 0 amide bonds. The zero-order valence-electron chi connectivity index (χ0n) is 12.7. The van der Waals surface area contributed by atoms with Gasteiger partial charge >= 0.3 is 0 Å². The molecular formula is C15H32N2O. The van der Waals surface area contributed by atoms with E-state index in [1.807, 2.05) is 0 Å². The first-order valence-corrected chi connectivity index (χ1v) is 7.72. The summed E-state index contributed by atoms with van der Waals surface area (Å²) in [6.45, 7) is 14.3. The molecule has 18 heavy (non-hydrogen) atoms. The molecule has 1 heterocycles. The number of hydrogen-bond acceptors (Lipinski definition) is 3. The van der Waals surface area contributed by atoms with E-state index in [-0.39, 0.29) is 0 Å². The van der Waals surface area contributed by atoms with Gasteiger partial charge in [0, 0.05) is 38.3 Å². The van der Waals surface area contributed by atoms with Gasteiger partial charge in [-0.25, -0.2) is 0 Å². The van der Waals surface area contributed by atoms with Crippen LogP contribution in [0, 0.1) is 5.92 Å². The number of ether oxygens (including phenoxy) is 1. The Morgan fingerprint density at radius 3 is 2.61 bits per heavy atom. The Labute approximate surface area is 113 Å². The third-order valence-electron chi connectivity index (χ3n) is 3.94. The predicted molar refractivity (Wildman–Crippen MR) is 78.0 cm³/mol. The fourth-order valence-corrected chi connectivity index (χ4v) is 2.48. The van der Waals surface area contributed by atoms with Gasteiger partial charge in [0.2, 0.25) is 0 Å². The van der Waals surface area contributed by atoms with Gasteiger partial charge in [0.25, 0.3) is 0 Å². The third-order valence-corrected chi connectivity index (χ3v) is 3.94. The topological polar surface area (TPSA) is 24.5 Å². The average Bonchev–Trinajstić information content (AvgIpc) is 2.37. The molecule has 1 aliphatic heterocycles. The molecule has 2 unspecified atom stereocenters. The Kier molecular flexibility index (Phi) is 7.87. The van der Waals surface area contributed by atoms with Crippen LogP contribution in [-0.2, 0) is 4.74 Å². The molecule has 1 aliphatic rings. The largest absolute Gasteiger partial charge is 0.380 e. The minimum absolute atomic E-state index is 0.670. The summed E-state index contributed by atoms with van der Waals surface area (Å²) in [7, 11) is 0. The molecule has 0 spiro atoms. The summed E-state index contributed by atoms with van der Waals surface area (Å²) in [5.74, 6) is 0.747. The molecule has 1 saturated heterocycles. The molecule has 0 saturated carbocycles. The van der Waals surface area contributed by atoms with Crippen molar-refractivity contribution in [1.29, 1.82) is 0 Å². The van der Waals surface area contributed by atoms with Gasteiger partial charge in [-0.3, -0.25) is 4.90 Å². The molecule has 0 aromatic carbocycles.